The molecule has 2 aliphatic rings. The summed E-state index contributed by atoms with van der Waals surface area (Å²) in [5, 5.41) is 0. The van der Waals surface area contributed by atoms with Gasteiger partial charge in [-0.1, -0.05) is 17.9 Å². The molecular weight excluding hydrogens is 446 g/mol. The van der Waals surface area contributed by atoms with Crippen molar-refractivity contribution in [1.82, 2.24) is 4.57 Å². The number of hydrogen-bond donors (Lipinski definition) is 1. The smallest absolute Gasteiger partial charge is 0.159 e. The second-order valence-corrected chi connectivity index (χ2v) is 8.90. The predicted molar refractivity (Wildman–Crippen MR) is 144 cm³/mol. The Labute approximate surface area is 210 Å². The molecule has 0 saturated heterocycles. The van der Waals surface area contributed by atoms with Crippen LogP contribution in [0.4, 0.5) is 0 Å². The quantitative estimate of drug-likeness (QED) is 0.302. The summed E-state index contributed by atoms with van der Waals surface area (Å²) in [7, 11) is 0. The normalized spacial score (nSPS) is 14.6. The summed E-state index contributed by atoms with van der Waals surface area (Å²) in [5.41, 5.74) is 19.3. The summed E-state index contributed by atoms with van der Waals surface area (Å²) in [6.45, 7) is 4.26. The van der Waals surface area contributed by atoms with Gasteiger partial charge in [0.1, 0.15) is 23.0 Å². The number of carbonyl (C=O) groups is 1. The molecule has 0 radical (unpaired) electrons. The Morgan fingerprint density at radius 2 is 1.72 bits per heavy atom. The maximum absolute atomic E-state index is 11.5. The zero-order valence-corrected chi connectivity index (χ0v) is 20.4. The molecule has 178 valence electrons. The van der Waals surface area contributed by atoms with E-state index in [0.717, 1.165) is 35.5 Å². The molecule has 5 nitrogen and oxygen atoms in total. The van der Waals surface area contributed by atoms with Gasteiger partial charge >= 0.3 is 0 Å². The lowest BCUT2D eigenvalue weighted by molar-refractivity contribution is 0.101. The van der Waals surface area contributed by atoms with Crippen molar-refractivity contribution in [3.05, 3.63) is 113 Å². The molecule has 0 spiro atoms. The van der Waals surface area contributed by atoms with E-state index in [2.05, 4.69) is 64.4 Å². The Hall–Kier alpha value is -4.56. The van der Waals surface area contributed by atoms with E-state index in [1.54, 1.807) is 25.1 Å². The molecular formula is C31H27N3O2. The van der Waals surface area contributed by atoms with Crippen LogP contribution in [0.2, 0.25) is 0 Å². The highest BCUT2D eigenvalue weighted by Crippen LogP contribution is 2.34. The van der Waals surface area contributed by atoms with E-state index in [9.17, 15) is 4.79 Å². The van der Waals surface area contributed by atoms with Crippen molar-refractivity contribution < 1.29 is 9.53 Å². The summed E-state index contributed by atoms with van der Waals surface area (Å²) in [5.74, 6) is 1.88. The number of ketones is 1. The van der Waals surface area contributed by atoms with Crippen molar-refractivity contribution in [1.29, 1.82) is 0 Å². The molecule has 3 aromatic rings. The van der Waals surface area contributed by atoms with Gasteiger partial charge < -0.3 is 15.0 Å². The Morgan fingerprint density at radius 1 is 1.03 bits per heavy atom. The minimum atomic E-state index is 0.0346. The molecule has 1 aliphatic carbocycles. The van der Waals surface area contributed by atoms with Gasteiger partial charge in [-0.2, -0.15) is 0 Å². The summed E-state index contributed by atoms with van der Waals surface area (Å²) < 4.78 is 8.27. The van der Waals surface area contributed by atoms with Crippen LogP contribution in [0.3, 0.4) is 0 Å². The van der Waals surface area contributed by atoms with Crippen LogP contribution in [0.25, 0.3) is 16.8 Å². The lowest BCUT2D eigenvalue weighted by Crippen LogP contribution is -2.12. The van der Waals surface area contributed by atoms with E-state index in [1.165, 1.54) is 16.8 Å². The average molecular weight is 474 g/mol. The number of carbonyl (C=O) groups excluding carboxylic acids is 1. The van der Waals surface area contributed by atoms with Crippen molar-refractivity contribution in [3.8, 4) is 22.8 Å². The minimum Gasteiger partial charge on any atom is -0.457 e. The highest BCUT2D eigenvalue weighted by molar-refractivity contribution is 5.94. The van der Waals surface area contributed by atoms with Gasteiger partial charge in [0, 0.05) is 23.0 Å². The zero-order valence-electron chi connectivity index (χ0n) is 20.4. The molecule has 2 N–H and O–H groups in total. The number of nitrogens with two attached hydrogens (primary N) is 1. The van der Waals surface area contributed by atoms with Crippen molar-refractivity contribution in [2.45, 2.75) is 33.2 Å². The largest absolute Gasteiger partial charge is 0.457 e. The molecule has 5 rings (SSSR count). The maximum atomic E-state index is 11.5. The monoisotopic (exact) mass is 473 g/mol. The van der Waals surface area contributed by atoms with E-state index >= 15 is 0 Å². The van der Waals surface area contributed by atoms with Gasteiger partial charge in [-0.25, -0.2) is 4.99 Å². The standard InChI is InChI=1S/C31H27N3O2/c1-21-6-3-4-8-28(21)30-19-18-29(34(30)20-25-7-5-9-31(32)33-25)24-12-16-27(17-13-24)36-26-14-10-23(11-15-26)22(2)35/h3,6,9-19H,4,8,20H2,1-2H3,(H2,32,33). The third kappa shape index (κ3) is 4.94. The van der Waals surface area contributed by atoms with Gasteiger partial charge in [0.2, 0.25) is 0 Å². The molecule has 0 unspecified atom stereocenters. The average Bonchev–Trinajstić information content (AvgIpc) is 3.28. The van der Waals surface area contributed by atoms with Crippen molar-refractivity contribution >= 4 is 17.2 Å². The number of allylic oxidation sites excluding steroid dienone is 5. The number of hydrogen-bond acceptors (Lipinski definition) is 4. The number of Topliss-reactive ketones (excluding diaryl/α,β-unsaturated/α-hetero) is 1. The number of aromatic nitrogens is 1. The first-order chi connectivity index (χ1) is 17.5. The molecule has 1 aliphatic heterocycles. The Kier molecular flexibility index (Phi) is 6.42. The molecule has 2 heterocycles. The second kappa shape index (κ2) is 9.97. The van der Waals surface area contributed by atoms with E-state index in [-0.39, 0.29) is 5.78 Å². The number of ether oxygens (including phenoxy) is 1. The maximum Gasteiger partial charge on any atom is 0.159 e. The predicted octanol–water partition coefficient (Wildman–Crippen LogP) is 6.84. The second-order valence-electron chi connectivity index (χ2n) is 8.90. The van der Waals surface area contributed by atoms with E-state index in [1.807, 2.05) is 24.3 Å². The van der Waals surface area contributed by atoms with Crippen LogP contribution >= 0.6 is 0 Å². The van der Waals surface area contributed by atoms with Gasteiger partial charge in [-0.3, -0.25) is 4.79 Å². The fraction of sp³-hybridized carbons (Fsp3) is 0.161. The lowest BCUT2D eigenvalue weighted by Gasteiger charge is -2.19. The fourth-order valence-electron chi connectivity index (χ4n) is 4.49. The topological polar surface area (TPSA) is 69.6 Å². The van der Waals surface area contributed by atoms with Crippen LogP contribution in [0, 0.1) is 0 Å². The number of aliphatic imine (C=N–C) groups is 1. The molecule has 2 aromatic carbocycles. The summed E-state index contributed by atoms with van der Waals surface area (Å²) in [4.78, 5) is 16.0. The van der Waals surface area contributed by atoms with Gasteiger partial charge in [-0.05, 0) is 110 Å². The van der Waals surface area contributed by atoms with Crippen molar-refractivity contribution in [2.24, 2.45) is 10.7 Å². The Balaban J connectivity index is 1.47. The third-order valence-corrected chi connectivity index (χ3v) is 6.35. The van der Waals surface area contributed by atoms with Crippen LogP contribution in [-0.4, -0.2) is 16.2 Å². The first kappa shape index (κ1) is 23.2. The zero-order chi connectivity index (χ0) is 25.1. The first-order valence-corrected chi connectivity index (χ1v) is 12.0. The number of benzene rings is 2. The van der Waals surface area contributed by atoms with Crippen LogP contribution in [0.1, 0.15) is 42.7 Å². The molecule has 36 heavy (non-hydrogen) atoms. The number of amidine groups is 1. The Bertz CT molecular complexity index is 1520. The third-order valence-electron chi connectivity index (χ3n) is 6.35. The summed E-state index contributed by atoms with van der Waals surface area (Å²) in [6, 6.07) is 19.5. The summed E-state index contributed by atoms with van der Waals surface area (Å²) >= 11 is 0. The van der Waals surface area contributed by atoms with Crippen molar-refractivity contribution in [3.63, 3.8) is 0 Å². The van der Waals surface area contributed by atoms with Crippen LogP contribution in [-0.2, 0) is 6.54 Å². The molecule has 0 amide bonds. The highest BCUT2D eigenvalue weighted by atomic mass is 16.5. The molecule has 5 heteroatoms. The molecule has 0 fully saturated rings. The SMILES string of the molecule is CC(=O)c1ccc(Oc2ccc(-c3ccc(C4=C(C)C=CCC4)n3CC3=C=C=CC(N)=N3)cc2)cc1. The number of rotatable bonds is 7. The lowest BCUT2D eigenvalue weighted by atomic mass is 9.96. The van der Waals surface area contributed by atoms with E-state index in [0.29, 0.717) is 23.7 Å². The van der Waals surface area contributed by atoms with Crippen molar-refractivity contribution in [2.75, 3.05) is 0 Å². The van der Waals surface area contributed by atoms with Crippen LogP contribution in [0.5, 0.6) is 11.5 Å². The molecule has 0 saturated carbocycles. The van der Waals surface area contributed by atoms with Gasteiger partial charge in [0.15, 0.2) is 5.78 Å². The summed E-state index contributed by atoms with van der Waals surface area (Å²) in [6.07, 6.45) is 8.08. The Morgan fingerprint density at radius 3 is 2.39 bits per heavy atom. The van der Waals surface area contributed by atoms with Crippen LogP contribution in [0.15, 0.2) is 107 Å². The molecule has 0 bridgehead atoms. The number of nitrogens with zero attached hydrogens (tertiary/aromatic N) is 2. The van der Waals surface area contributed by atoms with Crippen LogP contribution < -0.4 is 10.5 Å². The fourth-order valence-corrected chi connectivity index (χ4v) is 4.49. The van der Waals surface area contributed by atoms with Gasteiger partial charge in [-0.15, -0.1) is 0 Å². The first-order valence-electron chi connectivity index (χ1n) is 12.0. The molecule has 1 aromatic heterocycles. The highest BCUT2D eigenvalue weighted by Gasteiger charge is 2.17. The van der Waals surface area contributed by atoms with Gasteiger partial charge in [0.25, 0.3) is 0 Å². The minimum absolute atomic E-state index is 0.0346. The molecule has 0 atom stereocenters. The van der Waals surface area contributed by atoms with Gasteiger partial charge in [0.05, 0.1) is 6.54 Å². The van der Waals surface area contributed by atoms with E-state index < -0.39 is 0 Å². The van der Waals surface area contributed by atoms with E-state index in [4.69, 9.17) is 10.5 Å².